The van der Waals surface area contributed by atoms with E-state index in [1.807, 2.05) is 36.4 Å². The van der Waals surface area contributed by atoms with Crippen molar-refractivity contribution < 1.29 is 14.0 Å². The van der Waals surface area contributed by atoms with Crippen LogP contribution < -0.4 is 10.6 Å². The monoisotopic (exact) mass is 506 g/mol. The maximum absolute atomic E-state index is 13.8. The fourth-order valence-electron chi connectivity index (χ4n) is 4.18. The predicted octanol–water partition coefficient (Wildman–Crippen LogP) is 4.99. The van der Waals surface area contributed by atoms with Crippen LogP contribution in [0.4, 0.5) is 10.2 Å². The number of benzene rings is 3. The maximum Gasteiger partial charge on any atom is 0.238 e. The Hall–Kier alpha value is -3.62. The number of nitrogens with two attached hydrogens (primary N) is 1. The molecule has 4 aromatic rings. The van der Waals surface area contributed by atoms with Gasteiger partial charge in [-0.25, -0.2) is 9.07 Å². The Morgan fingerprint density at radius 1 is 1.06 bits per heavy atom. The Balaban J connectivity index is 1.86. The summed E-state index contributed by atoms with van der Waals surface area (Å²) >= 11 is 7.95. The van der Waals surface area contributed by atoms with E-state index in [2.05, 4.69) is 0 Å². The smallest absolute Gasteiger partial charge is 0.238 e. The number of primary amides is 1. The Labute approximate surface area is 210 Å². The molecule has 0 aliphatic carbocycles. The number of nitrogens with zero attached hydrogens (tertiary/aromatic N) is 3. The molecule has 1 atom stereocenters. The van der Waals surface area contributed by atoms with E-state index in [9.17, 15) is 14.0 Å². The van der Waals surface area contributed by atoms with E-state index in [0.717, 1.165) is 16.7 Å². The molecule has 2 amide bonds. The number of rotatable bonds is 5. The molecule has 0 saturated heterocycles. The van der Waals surface area contributed by atoms with Crippen molar-refractivity contribution in [3.8, 4) is 16.9 Å². The summed E-state index contributed by atoms with van der Waals surface area (Å²) in [5, 5.41) is 4.99. The molecule has 0 bridgehead atoms. The minimum Gasteiger partial charge on any atom is -0.368 e. The average molecular weight is 507 g/mol. The summed E-state index contributed by atoms with van der Waals surface area (Å²) in [6.45, 7) is -0.313. The third-order valence-electron chi connectivity index (χ3n) is 5.70. The standard InChI is InChI=1S/C26H20ClFN4O2S/c27-19-8-4-5-9-20(19)32-26-23(24(30-32)16-6-2-1-3-7-16)25(17-10-12-18(28)13-11-17)35-15-22(34)31(26)14-21(29)33/h1-13,25H,14-15H2,(H2,29,33)/t25-/m1/s1. The first-order chi connectivity index (χ1) is 16.9. The van der Waals surface area contributed by atoms with Crippen LogP contribution in [0.2, 0.25) is 5.02 Å². The molecule has 0 fully saturated rings. The van der Waals surface area contributed by atoms with Gasteiger partial charge in [0.2, 0.25) is 11.8 Å². The SMILES string of the molecule is NC(=O)CN1C(=O)CS[C@H](c2ccc(F)cc2)c2c(-c3ccccc3)nn(-c3ccccc3Cl)c21. The van der Waals surface area contributed by atoms with Crippen molar-refractivity contribution in [2.24, 2.45) is 5.73 Å². The van der Waals surface area contributed by atoms with Gasteiger partial charge >= 0.3 is 0 Å². The highest BCUT2D eigenvalue weighted by molar-refractivity contribution is 8.00. The van der Waals surface area contributed by atoms with Gasteiger partial charge in [0.1, 0.15) is 18.2 Å². The summed E-state index contributed by atoms with van der Waals surface area (Å²) in [6, 6.07) is 22.9. The minimum absolute atomic E-state index is 0.0980. The summed E-state index contributed by atoms with van der Waals surface area (Å²) in [5.74, 6) is -0.773. The Morgan fingerprint density at radius 3 is 2.43 bits per heavy atom. The topological polar surface area (TPSA) is 81.2 Å². The van der Waals surface area contributed by atoms with Gasteiger partial charge in [-0.05, 0) is 29.8 Å². The first kappa shape index (κ1) is 23.1. The number of carbonyl (C=O) groups is 2. The number of amides is 2. The molecule has 6 nitrogen and oxygen atoms in total. The molecule has 2 N–H and O–H groups in total. The number of aromatic nitrogens is 2. The maximum atomic E-state index is 13.8. The number of thioether (sulfide) groups is 1. The van der Waals surface area contributed by atoms with Gasteiger partial charge in [0.05, 0.1) is 27.4 Å². The summed E-state index contributed by atoms with van der Waals surface area (Å²) in [6.07, 6.45) is 0. The average Bonchev–Trinajstić information content (AvgIpc) is 3.17. The molecule has 0 spiro atoms. The van der Waals surface area contributed by atoms with Gasteiger partial charge < -0.3 is 5.73 Å². The number of hydrogen-bond acceptors (Lipinski definition) is 4. The molecule has 9 heteroatoms. The van der Waals surface area contributed by atoms with Crippen LogP contribution in [-0.4, -0.2) is 33.9 Å². The Kier molecular flexibility index (Phi) is 6.32. The molecule has 3 aromatic carbocycles. The molecule has 1 aromatic heterocycles. The van der Waals surface area contributed by atoms with Gasteiger partial charge in [-0.3, -0.25) is 14.5 Å². The largest absolute Gasteiger partial charge is 0.368 e. The van der Waals surface area contributed by atoms with Crippen LogP contribution in [-0.2, 0) is 9.59 Å². The highest BCUT2D eigenvalue weighted by atomic mass is 35.5. The highest BCUT2D eigenvalue weighted by Gasteiger charge is 2.37. The lowest BCUT2D eigenvalue weighted by Crippen LogP contribution is -2.40. The molecule has 2 heterocycles. The lowest BCUT2D eigenvalue weighted by atomic mass is 9.99. The molecule has 0 radical (unpaired) electrons. The van der Waals surface area contributed by atoms with E-state index in [1.165, 1.54) is 28.8 Å². The minimum atomic E-state index is -0.650. The predicted molar refractivity (Wildman–Crippen MR) is 136 cm³/mol. The van der Waals surface area contributed by atoms with Crippen LogP contribution in [0.3, 0.4) is 0 Å². The molecule has 0 saturated carbocycles. The number of anilines is 1. The molecule has 0 unspecified atom stereocenters. The third-order valence-corrected chi connectivity index (χ3v) is 7.28. The Bertz CT molecular complexity index is 1410. The van der Waals surface area contributed by atoms with Gasteiger partial charge in [-0.2, -0.15) is 5.10 Å². The van der Waals surface area contributed by atoms with Crippen LogP contribution in [0.15, 0.2) is 78.9 Å². The number of carbonyl (C=O) groups excluding carboxylic acids is 2. The second kappa shape index (κ2) is 9.56. The zero-order chi connectivity index (χ0) is 24.5. The van der Waals surface area contributed by atoms with E-state index in [4.69, 9.17) is 22.4 Å². The van der Waals surface area contributed by atoms with Crippen molar-refractivity contribution in [2.45, 2.75) is 5.25 Å². The second-order valence-electron chi connectivity index (χ2n) is 8.00. The molecule has 176 valence electrons. The zero-order valence-electron chi connectivity index (χ0n) is 18.4. The van der Waals surface area contributed by atoms with Crippen molar-refractivity contribution in [1.82, 2.24) is 9.78 Å². The lowest BCUT2D eigenvalue weighted by molar-refractivity contribution is -0.121. The molecule has 1 aliphatic rings. The number of fused-ring (bicyclic) bond motifs is 1. The van der Waals surface area contributed by atoms with E-state index in [0.29, 0.717) is 22.2 Å². The first-order valence-corrected chi connectivity index (χ1v) is 12.3. The third kappa shape index (κ3) is 4.42. The first-order valence-electron chi connectivity index (χ1n) is 10.8. The highest BCUT2D eigenvalue weighted by Crippen LogP contribution is 2.48. The molecular weight excluding hydrogens is 487 g/mol. The molecular formula is C26H20ClFN4O2S. The van der Waals surface area contributed by atoms with Gasteiger partial charge in [-0.1, -0.05) is 66.2 Å². The molecule has 1 aliphatic heterocycles. The number of halogens is 2. The fraction of sp³-hybridized carbons (Fsp3) is 0.115. The summed E-state index contributed by atoms with van der Waals surface area (Å²) in [4.78, 5) is 26.7. The van der Waals surface area contributed by atoms with Crippen LogP contribution in [0.25, 0.3) is 16.9 Å². The quantitative estimate of drug-likeness (QED) is 0.413. The van der Waals surface area contributed by atoms with Crippen LogP contribution in [0.1, 0.15) is 16.4 Å². The number of para-hydroxylation sites is 1. The number of hydrogen-bond donors (Lipinski definition) is 1. The van der Waals surface area contributed by atoms with Gasteiger partial charge in [-0.15, -0.1) is 11.8 Å². The van der Waals surface area contributed by atoms with Crippen molar-refractivity contribution in [3.05, 3.63) is 101 Å². The Morgan fingerprint density at radius 2 is 1.74 bits per heavy atom. The molecule has 35 heavy (non-hydrogen) atoms. The summed E-state index contributed by atoms with van der Waals surface area (Å²) in [5.41, 5.74) is 9.10. The molecule has 5 rings (SSSR count). The van der Waals surface area contributed by atoms with Gasteiger partial charge in [0, 0.05) is 11.1 Å². The second-order valence-corrected chi connectivity index (χ2v) is 9.50. The van der Waals surface area contributed by atoms with Crippen molar-refractivity contribution in [1.29, 1.82) is 0 Å². The van der Waals surface area contributed by atoms with Crippen LogP contribution >= 0.6 is 23.4 Å². The van der Waals surface area contributed by atoms with Gasteiger partial charge in [0.25, 0.3) is 0 Å². The van der Waals surface area contributed by atoms with E-state index in [1.54, 1.807) is 35.0 Å². The van der Waals surface area contributed by atoms with E-state index < -0.39 is 5.91 Å². The zero-order valence-corrected chi connectivity index (χ0v) is 20.0. The van der Waals surface area contributed by atoms with Crippen LogP contribution in [0.5, 0.6) is 0 Å². The van der Waals surface area contributed by atoms with Crippen molar-refractivity contribution in [3.63, 3.8) is 0 Å². The van der Waals surface area contributed by atoms with Crippen molar-refractivity contribution in [2.75, 3.05) is 17.2 Å². The summed E-state index contributed by atoms with van der Waals surface area (Å²) < 4.78 is 15.4. The lowest BCUT2D eigenvalue weighted by Gasteiger charge is -2.22. The van der Waals surface area contributed by atoms with Gasteiger partial charge in [0.15, 0.2) is 0 Å². The van der Waals surface area contributed by atoms with Crippen molar-refractivity contribution >= 4 is 41.0 Å². The van der Waals surface area contributed by atoms with Crippen LogP contribution in [0, 0.1) is 5.82 Å². The van der Waals surface area contributed by atoms with E-state index >= 15 is 0 Å². The fourth-order valence-corrected chi connectivity index (χ4v) is 5.59. The normalized spacial score (nSPS) is 15.5. The summed E-state index contributed by atoms with van der Waals surface area (Å²) in [7, 11) is 0. The van der Waals surface area contributed by atoms with E-state index in [-0.39, 0.29) is 29.3 Å².